The second kappa shape index (κ2) is 8.77. The van der Waals surface area contributed by atoms with Crippen molar-refractivity contribution in [3.8, 4) is 5.75 Å². The molecule has 0 aromatic heterocycles. The number of nitrogens with two attached hydrogens (primary N) is 1. The Hall–Kier alpha value is -2.45. The first-order valence-electron chi connectivity index (χ1n) is 7.95. The lowest BCUT2D eigenvalue weighted by molar-refractivity contribution is -0.117. The van der Waals surface area contributed by atoms with Crippen LogP contribution in [-0.4, -0.2) is 32.4 Å². The van der Waals surface area contributed by atoms with E-state index in [0.717, 1.165) is 6.26 Å². The quantitative estimate of drug-likeness (QED) is 0.731. The van der Waals surface area contributed by atoms with Gasteiger partial charge in [0.15, 0.2) is 0 Å². The first-order valence-corrected chi connectivity index (χ1v) is 10.0. The highest BCUT2D eigenvalue weighted by Crippen LogP contribution is 2.18. The van der Waals surface area contributed by atoms with Crippen LogP contribution in [0.1, 0.15) is 12.0 Å². The molecule has 0 spiro atoms. The van der Waals surface area contributed by atoms with Crippen molar-refractivity contribution in [2.45, 2.75) is 19.1 Å². The van der Waals surface area contributed by atoms with Gasteiger partial charge in [-0.3, -0.25) is 4.79 Å². The smallest absolute Gasteiger partial charge is 0.241 e. The Bertz CT molecular complexity index is 854. The second-order valence-electron chi connectivity index (χ2n) is 5.92. The number of amides is 1. The van der Waals surface area contributed by atoms with E-state index in [4.69, 9.17) is 10.5 Å². The minimum Gasteiger partial charge on any atom is -0.489 e. The van der Waals surface area contributed by atoms with Gasteiger partial charge in [-0.05, 0) is 36.8 Å². The van der Waals surface area contributed by atoms with Crippen LogP contribution >= 0.6 is 0 Å². The summed E-state index contributed by atoms with van der Waals surface area (Å²) in [5.74, 6) is -0.425. The minimum atomic E-state index is -3.17. The molecule has 1 amide bonds. The van der Waals surface area contributed by atoms with E-state index in [1.165, 1.54) is 6.07 Å². The number of halogens is 1. The number of anilines is 1. The van der Waals surface area contributed by atoms with Gasteiger partial charge >= 0.3 is 0 Å². The summed E-state index contributed by atoms with van der Waals surface area (Å²) < 4.78 is 41.3. The number of rotatable bonds is 8. The van der Waals surface area contributed by atoms with Gasteiger partial charge in [-0.1, -0.05) is 18.2 Å². The molecule has 3 N–H and O–H groups in total. The zero-order valence-corrected chi connectivity index (χ0v) is 15.1. The molecule has 2 aromatic carbocycles. The van der Waals surface area contributed by atoms with E-state index < -0.39 is 21.8 Å². The van der Waals surface area contributed by atoms with E-state index >= 15 is 0 Å². The molecule has 0 aliphatic rings. The van der Waals surface area contributed by atoms with Crippen LogP contribution in [0, 0.1) is 5.82 Å². The SMILES string of the molecule is CS(=O)(=O)CCC(N)C(=O)Nc1ccc(OCc2ccccc2F)cc1. The number of carbonyl (C=O) groups is 1. The molecule has 2 aromatic rings. The number of nitrogens with one attached hydrogen (secondary N) is 1. The Morgan fingerprint density at radius 2 is 1.85 bits per heavy atom. The number of sulfone groups is 1. The lowest BCUT2D eigenvalue weighted by atomic mass is 10.2. The molecule has 140 valence electrons. The zero-order valence-electron chi connectivity index (χ0n) is 14.3. The standard InChI is InChI=1S/C18H21FN2O4S/c1-26(23,24)11-10-17(20)18(22)21-14-6-8-15(9-7-14)25-12-13-4-2-3-5-16(13)19/h2-9,17H,10-12,20H2,1H3,(H,21,22). The van der Waals surface area contributed by atoms with Crippen LogP contribution in [0.2, 0.25) is 0 Å². The van der Waals surface area contributed by atoms with Gasteiger partial charge < -0.3 is 15.8 Å². The molecule has 1 atom stereocenters. The van der Waals surface area contributed by atoms with Crippen LogP contribution in [0.4, 0.5) is 10.1 Å². The number of benzene rings is 2. The molecule has 0 radical (unpaired) electrons. The summed E-state index contributed by atoms with van der Waals surface area (Å²) in [5.41, 5.74) is 6.64. The van der Waals surface area contributed by atoms with E-state index in [2.05, 4.69) is 5.32 Å². The number of carbonyl (C=O) groups excluding carboxylic acids is 1. The fraction of sp³-hybridized carbons (Fsp3) is 0.278. The first kappa shape index (κ1) is 19.9. The highest BCUT2D eigenvalue weighted by molar-refractivity contribution is 7.90. The molecule has 0 aliphatic heterocycles. The van der Waals surface area contributed by atoms with Crippen molar-refractivity contribution in [3.63, 3.8) is 0 Å². The van der Waals surface area contributed by atoms with E-state index in [1.807, 2.05) is 0 Å². The van der Waals surface area contributed by atoms with E-state index in [-0.39, 0.29) is 24.6 Å². The molecule has 0 heterocycles. The lowest BCUT2D eigenvalue weighted by Gasteiger charge is -2.12. The summed E-state index contributed by atoms with van der Waals surface area (Å²) >= 11 is 0. The predicted molar refractivity (Wildman–Crippen MR) is 98.1 cm³/mol. The maximum Gasteiger partial charge on any atom is 0.241 e. The van der Waals surface area contributed by atoms with Gasteiger partial charge in [0.05, 0.1) is 11.8 Å². The van der Waals surface area contributed by atoms with Crippen LogP contribution in [0.3, 0.4) is 0 Å². The highest BCUT2D eigenvalue weighted by Gasteiger charge is 2.16. The van der Waals surface area contributed by atoms with E-state index in [1.54, 1.807) is 42.5 Å². The summed E-state index contributed by atoms with van der Waals surface area (Å²) in [6, 6.07) is 11.9. The third kappa shape index (κ3) is 6.45. The molecule has 2 rings (SSSR count). The average molecular weight is 380 g/mol. The molecular formula is C18H21FN2O4S. The highest BCUT2D eigenvalue weighted by atomic mass is 32.2. The monoisotopic (exact) mass is 380 g/mol. The van der Waals surface area contributed by atoms with Gasteiger partial charge in [0.2, 0.25) is 5.91 Å². The average Bonchev–Trinajstić information content (AvgIpc) is 2.59. The first-order chi connectivity index (χ1) is 12.2. The molecule has 0 aliphatic carbocycles. The maximum absolute atomic E-state index is 13.5. The summed E-state index contributed by atoms with van der Waals surface area (Å²) in [7, 11) is -3.17. The molecule has 0 saturated heterocycles. The normalized spacial score (nSPS) is 12.4. The number of hydrogen-bond acceptors (Lipinski definition) is 5. The number of hydrogen-bond donors (Lipinski definition) is 2. The molecule has 26 heavy (non-hydrogen) atoms. The van der Waals surface area contributed by atoms with Crippen molar-refractivity contribution in [2.24, 2.45) is 5.73 Å². The van der Waals surface area contributed by atoms with Crippen molar-refractivity contribution in [1.29, 1.82) is 0 Å². The Balaban J connectivity index is 1.86. The van der Waals surface area contributed by atoms with Gasteiger partial charge in [0, 0.05) is 17.5 Å². The van der Waals surface area contributed by atoms with Crippen LogP contribution in [-0.2, 0) is 21.2 Å². The predicted octanol–water partition coefficient (Wildman–Crippen LogP) is 2.11. The fourth-order valence-corrected chi connectivity index (χ4v) is 2.80. The van der Waals surface area contributed by atoms with Gasteiger partial charge in [-0.2, -0.15) is 0 Å². The maximum atomic E-state index is 13.5. The second-order valence-corrected chi connectivity index (χ2v) is 8.18. The van der Waals surface area contributed by atoms with Crippen LogP contribution < -0.4 is 15.8 Å². The van der Waals surface area contributed by atoms with Gasteiger partial charge in [-0.25, -0.2) is 12.8 Å². The van der Waals surface area contributed by atoms with E-state index in [0.29, 0.717) is 17.0 Å². The third-order valence-electron chi connectivity index (χ3n) is 3.61. The summed E-state index contributed by atoms with van der Waals surface area (Å²) in [6.07, 6.45) is 1.15. The van der Waals surface area contributed by atoms with Gasteiger partial charge in [0.25, 0.3) is 0 Å². The van der Waals surface area contributed by atoms with E-state index in [9.17, 15) is 17.6 Å². The summed E-state index contributed by atoms with van der Waals surface area (Å²) in [4.78, 5) is 12.0. The van der Waals surface area contributed by atoms with Crippen molar-refractivity contribution >= 4 is 21.4 Å². The van der Waals surface area contributed by atoms with Crippen LogP contribution in [0.5, 0.6) is 5.75 Å². The molecule has 0 fully saturated rings. The molecular weight excluding hydrogens is 359 g/mol. The Kier molecular flexibility index (Phi) is 6.70. The summed E-state index contributed by atoms with van der Waals surface area (Å²) in [6.45, 7) is 0.0920. The molecule has 8 heteroatoms. The third-order valence-corrected chi connectivity index (χ3v) is 4.59. The van der Waals surface area contributed by atoms with Gasteiger partial charge in [-0.15, -0.1) is 0 Å². The Morgan fingerprint density at radius 3 is 2.46 bits per heavy atom. The lowest BCUT2D eigenvalue weighted by Crippen LogP contribution is -2.37. The minimum absolute atomic E-state index is 0.0501. The Labute approximate surface area is 152 Å². The Morgan fingerprint density at radius 1 is 1.19 bits per heavy atom. The van der Waals surface area contributed by atoms with Crippen molar-refractivity contribution in [1.82, 2.24) is 0 Å². The van der Waals surface area contributed by atoms with Crippen molar-refractivity contribution in [2.75, 3.05) is 17.3 Å². The largest absolute Gasteiger partial charge is 0.489 e. The summed E-state index contributed by atoms with van der Waals surface area (Å²) in [5, 5.41) is 2.61. The molecule has 0 saturated carbocycles. The molecule has 1 unspecified atom stereocenters. The van der Waals surface area contributed by atoms with Crippen molar-refractivity contribution < 1.29 is 22.3 Å². The number of ether oxygens (including phenoxy) is 1. The van der Waals surface area contributed by atoms with Crippen molar-refractivity contribution in [3.05, 3.63) is 59.9 Å². The van der Waals surface area contributed by atoms with Crippen LogP contribution in [0.15, 0.2) is 48.5 Å². The fourth-order valence-electron chi connectivity index (χ4n) is 2.12. The molecule has 6 nitrogen and oxygen atoms in total. The van der Waals surface area contributed by atoms with Gasteiger partial charge in [0.1, 0.15) is 28.0 Å². The molecule has 0 bridgehead atoms. The van der Waals surface area contributed by atoms with Crippen LogP contribution in [0.25, 0.3) is 0 Å². The zero-order chi connectivity index (χ0) is 19.2. The topological polar surface area (TPSA) is 98.5 Å².